The number of nitrogens with one attached hydrogen (secondary N) is 4. The first-order chi connectivity index (χ1) is 19.3. The van der Waals surface area contributed by atoms with E-state index in [-0.39, 0.29) is 55.5 Å². The van der Waals surface area contributed by atoms with E-state index in [1.54, 1.807) is 58.9 Å². The van der Waals surface area contributed by atoms with Crippen molar-refractivity contribution in [1.29, 1.82) is 0 Å². The fourth-order valence-corrected chi connectivity index (χ4v) is 3.69. The van der Waals surface area contributed by atoms with Gasteiger partial charge in [-0.15, -0.1) is 0 Å². The summed E-state index contributed by atoms with van der Waals surface area (Å²) in [5.74, 6) is -2.11. The van der Waals surface area contributed by atoms with Crippen molar-refractivity contribution in [3.8, 4) is 0 Å². The van der Waals surface area contributed by atoms with Crippen LogP contribution in [0.4, 0.5) is 10.5 Å². The predicted molar refractivity (Wildman–Crippen MR) is 154 cm³/mol. The number of amides is 5. The summed E-state index contributed by atoms with van der Waals surface area (Å²) in [5, 5.41) is 10.7. The third kappa shape index (κ3) is 14.3. The lowest BCUT2D eigenvalue weighted by Crippen LogP contribution is -2.54. The van der Waals surface area contributed by atoms with E-state index in [4.69, 9.17) is 10.5 Å². The smallest absolute Gasteiger partial charge is 0.312 e. The van der Waals surface area contributed by atoms with Crippen LogP contribution < -0.4 is 27.0 Å². The van der Waals surface area contributed by atoms with Gasteiger partial charge in [0, 0.05) is 31.5 Å². The van der Waals surface area contributed by atoms with Gasteiger partial charge in [-0.1, -0.05) is 46.8 Å². The molecule has 0 fully saturated rings. The number of esters is 1. The van der Waals surface area contributed by atoms with E-state index >= 15 is 0 Å². The van der Waals surface area contributed by atoms with Crippen molar-refractivity contribution in [3.63, 3.8) is 0 Å². The molecule has 228 valence electrons. The van der Waals surface area contributed by atoms with Gasteiger partial charge < -0.3 is 31.7 Å². The molecule has 0 unspecified atom stereocenters. The summed E-state index contributed by atoms with van der Waals surface area (Å²) in [4.78, 5) is 73.0. The number of carbonyl (C=O) groups excluding carboxylic acids is 6. The molecule has 0 aromatic heterocycles. The number of Topliss-reactive ketones (excluding diaryl/α,β-unsaturated/α-hetero) is 1. The van der Waals surface area contributed by atoms with E-state index in [1.807, 2.05) is 0 Å². The summed E-state index contributed by atoms with van der Waals surface area (Å²) in [5.41, 5.74) is 6.33. The number of rotatable bonds is 18. The number of anilines is 1. The Labute approximate surface area is 241 Å². The fourth-order valence-electron chi connectivity index (χ4n) is 3.69. The summed E-state index contributed by atoms with van der Waals surface area (Å²) in [6.45, 7) is 9.12. The van der Waals surface area contributed by atoms with Crippen LogP contribution in [-0.2, 0) is 35.3 Å². The molecule has 0 saturated heterocycles. The first-order valence-electron chi connectivity index (χ1n) is 14.0. The van der Waals surface area contributed by atoms with Crippen molar-refractivity contribution in [2.45, 2.75) is 91.8 Å². The van der Waals surface area contributed by atoms with Crippen molar-refractivity contribution in [2.24, 2.45) is 17.6 Å². The van der Waals surface area contributed by atoms with Gasteiger partial charge in [0.05, 0.1) is 5.92 Å². The molecule has 0 spiro atoms. The second-order valence-electron chi connectivity index (χ2n) is 10.5. The minimum atomic E-state index is -0.968. The van der Waals surface area contributed by atoms with Gasteiger partial charge in [-0.2, -0.15) is 0 Å². The van der Waals surface area contributed by atoms with Crippen molar-refractivity contribution >= 4 is 41.2 Å². The number of carbonyl (C=O) groups is 6. The first-order valence-corrected chi connectivity index (χ1v) is 14.0. The Morgan fingerprint density at radius 1 is 0.878 bits per heavy atom. The molecule has 5 amide bonds. The van der Waals surface area contributed by atoms with E-state index in [0.717, 1.165) is 5.56 Å². The molecule has 1 aromatic carbocycles. The summed E-state index contributed by atoms with van der Waals surface area (Å²) in [6, 6.07) is 4.19. The monoisotopic (exact) mass is 575 g/mol. The van der Waals surface area contributed by atoms with E-state index < -0.39 is 29.9 Å². The minimum absolute atomic E-state index is 0.0693. The maximum Gasteiger partial charge on any atom is 0.312 e. The van der Waals surface area contributed by atoms with Crippen molar-refractivity contribution < 1.29 is 33.5 Å². The maximum atomic E-state index is 13.2. The molecule has 0 aliphatic heterocycles. The van der Waals surface area contributed by atoms with E-state index in [2.05, 4.69) is 21.3 Å². The summed E-state index contributed by atoms with van der Waals surface area (Å²) in [6.07, 6.45) is 1.76. The highest BCUT2D eigenvalue weighted by Crippen LogP contribution is 2.13. The van der Waals surface area contributed by atoms with E-state index in [1.165, 1.54) is 0 Å². The molecule has 0 heterocycles. The molecule has 12 heteroatoms. The number of primary amides is 1. The third-order valence-electron chi connectivity index (χ3n) is 6.20. The summed E-state index contributed by atoms with van der Waals surface area (Å²) in [7, 11) is 0. The van der Waals surface area contributed by atoms with Gasteiger partial charge in [0.25, 0.3) is 0 Å². The summed E-state index contributed by atoms with van der Waals surface area (Å²) >= 11 is 0. The number of hydrogen-bond donors (Lipinski definition) is 5. The Bertz CT molecular complexity index is 1040. The second-order valence-corrected chi connectivity index (χ2v) is 10.5. The minimum Gasteiger partial charge on any atom is -0.461 e. The van der Waals surface area contributed by atoms with Gasteiger partial charge in [0.15, 0.2) is 0 Å². The topological polar surface area (TPSA) is 186 Å². The molecule has 6 N–H and O–H groups in total. The quantitative estimate of drug-likeness (QED) is 0.131. The number of benzene rings is 1. The lowest BCUT2D eigenvalue weighted by Gasteiger charge is -2.25. The highest BCUT2D eigenvalue weighted by molar-refractivity contribution is 5.98. The lowest BCUT2D eigenvalue weighted by molar-refractivity contribution is -0.148. The van der Waals surface area contributed by atoms with Gasteiger partial charge in [-0.25, -0.2) is 4.79 Å². The molecule has 12 nitrogen and oxygen atoms in total. The number of urea groups is 1. The molecule has 0 bridgehead atoms. The molecule has 0 saturated carbocycles. The lowest BCUT2D eigenvalue weighted by atomic mass is 10.0. The Balaban J connectivity index is 2.88. The first kappa shape index (κ1) is 35.1. The van der Waals surface area contributed by atoms with Crippen LogP contribution in [0.25, 0.3) is 0 Å². The standard InChI is InChI=1S/C29H45N5O7/c1-6-22(35)9-7-11-24(36)34-25(18(2)3)27(38)33-23(10-8-16-31-29(30)40)26(37)32-21-14-12-20(13-15-21)17-41-28(39)19(4)5/h12-15,18-19,23,25H,6-11,16-17H2,1-5H3,(H,32,37)(H,33,38)(H,34,36)(H3,30,31,40)/t23-,25-/m0/s1. The predicted octanol–water partition coefficient (Wildman–Crippen LogP) is 2.55. The van der Waals surface area contributed by atoms with Crippen molar-refractivity contribution in [1.82, 2.24) is 16.0 Å². The van der Waals surface area contributed by atoms with Gasteiger partial charge in [-0.05, 0) is 42.9 Å². The molecular formula is C29H45N5O7. The molecule has 0 aliphatic carbocycles. The van der Waals surface area contributed by atoms with Gasteiger partial charge in [0.1, 0.15) is 24.5 Å². The van der Waals surface area contributed by atoms with Gasteiger partial charge in [0.2, 0.25) is 17.7 Å². The maximum absolute atomic E-state index is 13.2. The molecule has 0 radical (unpaired) electrons. The van der Waals surface area contributed by atoms with Crippen LogP contribution in [0.5, 0.6) is 0 Å². The zero-order valence-corrected chi connectivity index (χ0v) is 24.7. The Hall–Kier alpha value is -3.96. The molecule has 1 rings (SSSR count). The average molecular weight is 576 g/mol. The highest BCUT2D eigenvalue weighted by atomic mass is 16.5. The number of nitrogens with two attached hydrogens (primary N) is 1. The van der Waals surface area contributed by atoms with Crippen molar-refractivity contribution in [2.75, 3.05) is 11.9 Å². The third-order valence-corrected chi connectivity index (χ3v) is 6.20. The van der Waals surface area contributed by atoms with Crippen LogP contribution in [0.3, 0.4) is 0 Å². The highest BCUT2D eigenvalue weighted by Gasteiger charge is 2.28. The molecule has 41 heavy (non-hydrogen) atoms. The Morgan fingerprint density at radius 3 is 2.10 bits per heavy atom. The zero-order chi connectivity index (χ0) is 30.9. The van der Waals surface area contributed by atoms with Crippen LogP contribution in [0.15, 0.2) is 24.3 Å². The Kier molecular flexibility index (Phi) is 15.7. The van der Waals surface area contributed by atoms with E-state index in [9.17, 15) is 28.8 Å². The summed E-state index contributed by atoms with van der Waals surface area (Å²) < 4.78 is 5.21. The number of hydrogen-bond acceptors (Lipinski definition) is 7. The number of ether oxygens (including phenoxy) is 1. The fraction of sp³-hybridized carbons (Fsp3) is 0.586. The van der Waals surface area contributed by atoms with Crippen LogP contribution in [0.1, 0.15) is 78.7 Å². The van der Waals surface area contributed by atoms with E-state index in [0.29, 0.717) is 31.4 Å². The van der Waals surface area contributed by atoms with Crippen LogP contribution in [0.2, 0.25) is 0 Å². The van der Waals surface area contributed by atoms with Gasteiger partial charge in [-0.3, -0.25) is 24.0 Å². The molecule has 2 atom stereocenters. The molecule has 1 aromatic rings. The normalized spacial score (nSPS) is 12.3. The average Bonchev–Trinajstić information content (AvgIpc) is 2.91. The molecular weight excluding hydrogens is 530 g/mol. The van der Waals surface area contributed by atoms with Gasteiger partial charge >= 0.3 is 12.0 Å². The largest absolute Gasteiger partial charge is 0.461 e. The van der Waals surface area contributed by atoms with Crippen molar-refractivity contribution in [3.05, 3.63) is 29.8 Å². The zero-order valence-electron chi connectivity index (χ0n) is 24.7. The molecule has 0 aliphatic rings. The SMILES string of the molecule is CCC(=O)CCCC(=O)N[C@H](C(=O)N[C@@H](CCCNC(N)=O)C(=O)Nc1ccc(COC(=O)C(C)C)cc1)C(C)C. The van der Waals surface area contributed by atoms with Crippen LogP contribution in [-0.4, -0.2) is 54.1 Å². The number of ketones is 1. The van der Waals surface area contributed by atoms with Crippen LogP contribution >= 0.6 is 0 Å². The Morgan fingerprint density at radius 2 is 1.54 bits per heavy atom. The second kappa shape index (κ2) is 18.4. The van der Waals surface area contributed by atoms with Crippen LogP contribution in [0, 0.1) is 11.8 Å².